The molecule has 2 heterocycles. The van der Waals surface area contributed by atoms with Gasteiger partial charge >= 0.3 is 0 Å². The molecule has 2 aliphatic heterocycles. The average molecular weight is 267 g/mol. The van der Waals surface area contributed by atoms with Gasteiger partial charge in [-0.2, -0.15) is 0 Å². The molecule has 0 unspecified atom stereocenters. The molecule has 0 radical (unpaired) electrons. The minimum absolute atomic E-state index is 0.346. The topological polar surface area (TPSA) is 9.72 Å². The molecule has 2 saturated heterocycles. The van der Waals surface area contributed by atoms with Gasteiger partial charge in [0.05, 0.1) is 0 Å². The van der Waals surface area contributed by atoms with E-state index in [1.807, 2.05) is 0 Å². The maximum atomic E-state index is 2.70. The summed E-state index contributed by atoms with van der Waals surface area (Å²) in [5.41, 5.74) is 0.346. The monoisotopic (exact) mass is 267 g/mol. The summed E-state index contributed by atoms with van der Waals surface area (Å²) in [6.07, 6.45) is 2.82. The third-order valence-electron chi connectivity index (χ3n) is 4.99. The lowest BCUT2D eigenvalue weighted by Gasteiger charge is -2.43. The lowest BCUT2D eigenvalue weighted by atomic mass is 9.95. The molecule has 0 aliphatic carbocycles. The van der Waals surface area contributed by atoms with E-state index in [1.54, 1.807) is 0 Å². The van der Waals surface area contributed by atoms with Crippen LogP contribution < -0.4 is 0 Å². The summed E-state index contributed by atoms with van der Waals surface area (Å²) in [6, 6.07) is 0. The predicted molar refractivity (Wildman–Crippen MR) is 82.6 cm³/mol. The molecule has 0 N–H and O–H groups in total. The number of nitrogens with zero attached hydrogens (tertiary/aromatic N) is 3. The van der Waals surface area contributed by atoms with E-state index in [1.165, 1.54) is 65.2 Å². The van der Waals surface area contributed by atoms with Crippen molar-refractivity contribution in [2.45, 2.75) is 46.1 Å². The Morgan fingerprint density at radius 2 is 1.42 bits per heavy atom. The summed E-state index contributed by atoms with van der Waals surface area (Å²) in [5.74, 6) is 0.948. The Kier molecular flexibility index (Phi) is 5.27. The van der Waals surface area contributed by atoms with E-state index < -0.39 is 0 Å². The molecule has 0 atom stereocenters. The van der Waals surface area contributed by atoms with Gasteiger partial charge in [0.25, 0.3) is 0 Å². The van der Waals surface area contributed by atoms with Crippen LogP contribution in [0.25, 0.3) is 0 Å². The molecule has 2 fully saturated rings. The molecule has 2 rings (SSSR count). The van der Waals surface area contributed by atoms with Crippen molar-refractivity contribution in [2.75, 3.05) is 52.4 Å². The lowest BCUT2D eigenvalue weighted by molar-refractivity contribution is 0.0482. The molecule has 3 heteroatoms. The zero-order valence-corrected chi connectivity index (χ0v) is 13.5. The normalized spacial score (nSPS) is 25.9. The van der Waals surface area contributed by atoms with E-state index >= 15 is 0 Å². The van der Waals surface area contributed by atoms with E-state index in [2.05, 4.69) is 42.4 Å². The minimum atomic E-state index is 0.346. The summed E-state index contributed by atoms with van der Waals surface area (Å²) in [6.45, 7) is 19.5. The number of hydrogen-bond donors (Lipinski definition) is 0. The van der Waals surface area contributed by atoms with Crippen molar-refractivity contribution >= 4 is 0 Å². The molecule has 0 aromatic carbocycles. The Morgan fingerprint density at radius 3 is 1.89 bits per heavy atom. The zero-order valence-electron chi connectivity index (χ0n) is 13.5. The van der Waals surface area contributed by atoms with Crippen LogP contribution in [0.1, 0.15) is 40.5 Å². The van der Waals surface area contributed by atoms with Crippen LogP contribution >= 0.6 is 0 Å². The van der Waals surface area contributed by atoms with Gasteiger partial charge in [-0.25, -0.2) is 0 Å². The fourth-order valence-electron chi connectivity index (χ4n) is 3.45. The molecule has 3 nitrogen and oxygen atoms in total. The summed E-state index contributed by atoms with van der Waals surface area (Å²) in [4.78, 5) is 7.92. The quantitative estimate of drug-likeness (QED) is 0.776. The van der Waals surface area contributed by atoms with Crippen LogP contribution in [0.3, 0.4) is 0 Å². The smallest absolute Gasteiger partial charge is 0.0126 e. The van der Waals surface area contributed by atoms with E-state index in [-0.39, 0.29) is 0 Å². The highest BCUT2D eigenvalue weighted by Gasteiger charge is 2.27. The van der Waals surface area contributed by atoms with E-state index in [0.717, 1.165) is 5.92 Å². The first-order valence-electron chi connectivity index (χ1n) is 8.19. The van der Waals surface area contributed by atoms with Crippen molar-refractivity contribution in [3.63, 3.8) is 0 Å². The van der Waals surface area contributed by atoms with E-state index in [4.69, 9.17) is 0 Å². The number of piperazine rings is 1. The lowest BCUT2D eigenvalue weighted by Crippen LogP contribution is -2.54. The third-order valence-corrected chi connectivity index (χ3v) is 4.99. The molecule has 2 aliphatic rings. The minimum Gasteiger partial charge on any atom is -0.304 e. The zero-order chi connectivity index (χ0) is 13.9. The van der Waals surface area contributed by atoms with Gasteiger partial charge in [0.15, 0.2) is 0 Å². The van der Waals surface area contributed by atoms with E-state index in [9.17, 15) is 0 Å². The van der Waals surface area contributed by atoms with Crippen molar-refractivity contribution in [1.29, 1.82) is 0 Å². The van der Waals surface area contributed by atoms with Crippen molar-refractivity contribution in [3.05, 3.63) is 0 Å². The second-order valence-electron chi connectivity index (χ2n) is 7.34. The molecular formula is C16H33N3. The maximum absolute atomic E-state index is 2.70. The van der Waals surface area contributed by atoms with Gasteiger partial charge in [-0.15, -0.1) is 0 Å². The first-order valence-corrected chi connectivity index (χ1v) is 8.19. The van der Waals surface area contributed by atoms with Crippen LogP contribution in [-0.2, 0) is 0 Å². The molecule has 0 amide bonds. The fourth-order valence-corrected chi connectivity index (χ4v) is 3.45. The Hall–Kier alpha value is -0.120. The maximum Gasteiger partial charge on any atom is 0.0126 e. The molecule has 19 heavy (non-hydrogen) atoms. The first kappa shape index (κ1) is 15.3. The standard InChI is InChI=1S/C16H33N3/c1-5-17-8-6-15(7-9-17)14-18-10-12-19(13-11-18)16(2,3)4/h15H,5-14H2,1-4H3. The number of likely N-dealkylation sites (tertiary alicyclic amines) is 1. The average Bonchev–Trinajstić information content (AvgIpc) is 2.39. The molecule has 112 valence electrons. The van der Waals surface area contributed by atoms with Crippen LogP contribution in [0.2, 0.25) is 0 Å². The van der Waals surface area contributed by atoms with Gasteiger partial charge in [-0.1, -0.05) is 6.92 Å². The van der Waals surface area contributed by atoms with Crippen molar-refractivity contribution in [1.82, 2.24) is 14.7 Å². The molecule has 0 saturated carbocycles. The Balaban J connectivity index is 1.69. The van der Waals surface area contributed by atoms with Crippen LogP contribution in [0, 0.1) is 5.92 Å². The summed E-state index contributed by atoms with van der Waals surface area (Å²) < 4.78 is 0. The molecule has 0 spiro atoms. The number of hydrogen-bond acceptors (Lipinski definition) is 3. The Morgan fingerprint density at radius 1 is 0.842 bits per heavy atom. The molecular weight excluding hydrogens is 234 g/mol. The Labute approximate surface area is 119 Å². The summed E-state index contributed by atoms with van der Waals surface area (Å²) in [5, 5.41) is 0. The van der Waals surface area contributed by atoms with Gasteiger partial charge in [-0.05, 0) is 59.2 Å². The second-order valence-corrected chi connectivity index (χ2v) is 7.34. The van der Waals surface area contributed by atoms with Crippen LogP contribution in [0.15, 0.2) is 0 Å². The number of rotatable bonds is 3. The van der Waals surface area contributed by atoms with Gasteiger partial charge in [0.1, 0.15) is 0 Å². The summed E-state index contributed by atoms with van der Waals surface area (Å²) >= 11 is 0. The highest BCUT2D eigenvalue weighted by atomic mass is 15.3. The van der Waals surface area contributed by atoms with Gasteiger partial charge < -0.3 is 9.80 Å². The van der Waals surface area contributed by atoms with Crippen molar-refractivity contribution in [3.8, 4) is 0 Å². The van der Waals surface area contributed by atoms with Crippen molar-refractivity contribution in [2.24, 2.45) is 5.92 Å². The second kappa shape index (κ2) is 6.55. The first-order chi connectivity index (χ1) is 8.99. The molecule has 0 aromatic rings. The summed E-state index contributed by atoms with van der Waals surface area (Å²) in [7, 11) is 0. The fraction of sp³-hybridized carbons (Fsp3) is 1.00. The predicted octanol–water partition coefficient (Wildman–Crippen LogP) is 2.13. The van der Waals surface area contributed by atoms with Crippen molar-refractivity contribution < 1.29 is 0 Å². The Bertz CT molecular complexity index is 256. The van der Waals surface area contributed by atoms with Crippen LogP contribution in [0.5, 0.6) is 0 Å². The van der Waals surface area contributed by atoms with Crippen LogP contribution in [0.4, 0.5) is 0 Å². The van der Waals surface area contributed by atoms with Gasteiger partial charge in [0.2, 0.25) is 0 Å². The van der Waals surface area contributed by atoms with Gasteiger partial charge in [0, 0.05) is 38.3 Å². The van der Waals surface area contributed by atoms with Gasteiger partial charge in [-0.3, -0.25) is 4.90 Å². The highest BCUT2D eigenvalue weighted by molar-refractivity contribution is 4.83. The highest BCUT2D eigenvalue weighted by Crippen LogP contribution is 2.20. The largest absolute Gasteiger partial charge is 0.304 e. The SMILES string of the molecule is CCN1CCC(CN2CCN(C(C)(C)C)CC2)CC1. The van der Waals surface area contributed by atoms with E-state index in [0.29, 0.717) is 5.54 Å². The third kappa shape index (κ3) is 4.44. The number of piperidine rings is 1. The molecule has 0 bridgehead atoms. The van der Waals surface area contributed by atoms with Crippen LogP contribution in [-0.4, -0.2) is 72.6 Å². The molecule has 0 aromatic heterocycles.